The summed E-state index contributed by atoms with van der Waals surface area (Å²) >= 11 is 0. The Bertz CT molecular complexity index is 436. The third kappa shape index (κ3) is 3.85. The number of rotatable bonds is 5. The number of sulfonamides is 1. The second kappa shape index (κ2) is 5.34. The molecule has 1 aromatic carbocycles. The summed E-state index contributed by atoms with van der Waals surface area (Å²) in [7, 11) is -3.18. The Labute approximate surface area is 97.9 Å². The molecule has 0 aromatic heterocycles. The van der Waals surface area contributed by atoms with E-state index in [0.29, 0.717) is 11.6 Å². The predicted octanol–water partition coefficient (Wildman–Crippen LogP) is 2.96. The molecule has 4 heteroatoms. The van der Waals surface area contributed by atoms with Crippen molar-refractivity contribution in [1.29, 1.82) is 0 Å². The van der Waals surface area contributed by atoms with Gasteiger partial charge in [-0.3, -0.25) is 4.72 Å². The second-order valence-corrected chi connectivity index (χ2v) is 5.76. The van der Waals surface area contributed by atoms with E-state index in [-0.39, 0.29) is 0 Å². The van der Waals surface area contributed by atoms with Crippen LogP contribution in [0.3, 0.4) is 0 Å². The average Bonchev–Trinajstić information content (AvgIpc) is 2.17. The first-order valence-electron chi connectivity index (χ1n) is 5.54. The molecule has 0 bridgehead atoms. The first kappa shape index (κ1) is 13.0. The van der Waals surface area contributed by atoms with Crippen LogP contribution in [0.15, 0.2) is 24.3 Å². The van der Waals surface area contributed by atoms with Gasteiger partial charge in [-0.2, -0.15) is 0 Å². The van der Waals surface area contributed by atoms with Gasteiger partial charge in [0.2, 0.25) is 10.0 Å². The zero-order valence-corrected chi connectivity index (χ0v) is 10.8. The first-order valence-corrected chi connectivity index (χ1v) is 7.43. The molecule has 0 heterocycles. The van der Waals surface area contributed by atoms with Crippen LogP contribution in [0, 0.1) is 0 Å². The largest absolute Gasteiger partial charge is 0.284 e. The fraction of sp³-hybridized carbons (Fsp3) is 0.500. The number of anilines is 1. The summed E-state index contributed by atoms with van der Waals surface area (Å²) in [6.45, 7) is 4.29. The maximum absolute atomic E-state index is 11.1. The number of hydrogen-bond acceptors (Lipinski definition) is 2. The first-order chi connectivity index (χ1) is 7.46. The van der Waals surface area contributed by atoms with E-state index < -0.39 is 10.0 Å². The van der Waals surface area contributed by atoms with E-state index in [0.717, 1.165) is 19.1 Å². The molecular formula is C12H19NO2S. The topological polar surface area (TPSA) is 46.2 Å². The van der Waals surface area contributed by atoms with Crippen molar-refractivity contribution in [3.8, 4) is 0 Å². The number of hydrogen-bond donors (Lipinski definition) is 1. The summed E-state index contributed by atoms with van der Waals surface area (Å²) in [4.78, 5) is 0. The van der Waals surface area contributed by atoms with Crippen LogP contribution in [0.2, 0.25) is 0 Å². The van der Waals surface area contributed by atoms with Gasteiger partial charge in [0.05, 0.1) is 6.26 Å². The van der Waals surface area contributed by atoms with Crippen molar-refractivity contribution in [3.05, 3.63) is 29.8 Å². The van der Waals surface area contributed by atoms with Gasteiger partial charge >= 0.3 is 0 Å². The molecule has 0 unspecified atom stereocenters. The van der Waals surface area contributed by atoms with Gasteiger partial charge in [0, 0.05) is 5.69 Å². The molecule has 0 saturated heterocycles. The molecule has 0 amide bonds. The van der Waals surface area contributed by atoms with E-state index in [1.165, 1.54) is 5.56 Å². The van der Waals surface area contributed by atoms with Gasteiger partial charge in [-0.15, -0.1) is 0 Å². The van der Waals surface area contributed by atoms with Crippen LogP contribution >= 0.6 is 0 Å². The summed E-state index contributed by atoms with van der Waals surface area (Å²) in [5.41, 5.74) is 1.84. The SMILES string of the molecule is CCC(CC)c1cccc(NS(C)(=O)=O)c1. The molecule has 1 N–H and O–H groups in total. The third-order valence-electron chi connectivity index (χ3n) is 2.65. The van der Waals surface area contributed by atoms with Gasteiger partial charge < -0.3 is 0 Å². The monoisotopic (exact) mass is 241 g/mol. The molecule has 0 atom stereocenters. The van der Waals surface area contributed by atoms with E-state index in [2.05, 4.69) is 18.6 Å². The van der Waals surface area contributed by atoms with Crippen LogP contribution in [0.4, 0.5) is 5.69 Å². The molecular weight excluding hydrogens is 222 g/mol. The van der Waals surface area contributed by atoms with E-state index in [9.17, 15) is 8.42 Å². The molecule has 0 fully saturated rings. The fourth-order valence-electron chi connectivity index (χ4n) is 1.83. The minimum atomic E-state index is -3.18. The quantitative estimate of drug-likeness (QED) is 0.861. The molecule has 16 heavy (non-hydrogen) atoms. The average molecular weight is 241 g/mol. The highest BCUT2D eigenvalue weighted by atomic mass is 32.2. The highest BCUT2D eigenvalue weighted by Gasteiger charge is 2.08. The lowest BCUT2D eigenvalue weighted by molar-refractivity contribution is 0.606. The van der Waals surface area contributed by atoms with E-state index in [1.54, 1.807) is 6.07 Å². The fourth-order valence-corrected chi connectivity index (χ4v) is 2.39. The zero-order chi connectivity index (χ0) is 12.2. The molecule has 1 rings (SSSR count). The van der Waals surface area contributed by atoms with Crippen LogP contribution in [0.5, 0.6) is 0 Å². The van der Waals surface area contributed by atoms with E-state index in [4.69, 9.17) is 0 Å². The Morgan fingerprint density at radius 3 is 2.38 bits per heavy atom. The number of benzene rings is 1. The lowest BCUT2D eigenvalue weighted by atomic mass is 9.94. The van der Waals surface area contributed by atoms with Crippen LogP contribution in [0.25, 0.3) is 0 Å². The van der Waals surface area contributed by atoms with Crippen molar-refractivity contribution < 1.29 is 8.42 Å². The van der Waals surface area contributed by atoms with Crippen molar-refractivity contribution in [2.75, 3.05) is 11.0 Å². The van der Waals surface area contributed by atoms with E-state index >= 15 is 0 Å². The molecule has 90 valence electrons. The number of nitrogens with one attached hydrogen (secondary N) is 1. The summed E-state index contributed by atoms with van der Waals surface area (Å²) in [6.07, 6.45) is 3.30. The minimum Gasteiger partial charge on any atom is -0.284 e. The van der Waals surface area contributed by atoms with Crippen molar-refractivity contribution in [1.82, 2.24) is 0 Å². The Balaban J connectivity index is 2.95. The normalized spacial score (nSPS) is 11.8. The summed E-state index contributed by atoms with van der Waals surface area (Å²) in [6, 6.07) is 7.62. The highest BCUT2D eigenvalue weighted by Crippen LogP contribution is 2.25. The zero-order valence-electron chi connectivity index (χ0n) is 10.0. The Morgan fingerprint density at radius 1 is 1.25 bits per heavy atom. The van der Waals surface area contributed by atoms with Crippen molar-refractivity contribution in [3.63, 3.8) is 0 Å². The standard InChI is InChI=1S/C12H19NO2S/c1-4-10(5-2)11-7-6-8-12(9-11)13-16(3,14)15/h6-10,13H,4-5H2,1-3H3. The van der Waals surface area contributed by atoms with Crippen LogP contribution in [-0.4, -0.2) is 14.7 Å². The molecule has 0 aliphatic heterocycles. The molecule has 0 spiro atoms. The molecule has 0 radical (unpaired) electrons. The van der Waals surface area contributed by atoms with Gasteiger partial charge in [-0.25, -0.2) is 8.42 Å². The van der Waals surface area contributed by atoms with Crippen molar-refractivity contribution >= 4 is 15.7 Å². The third-order valence-corrected chi connectivity index (χ3v) is 3.25. The van der Waals surface area contributed by atoms with Gasteiger partial charge in [-0.1, -0.05) is 26.0 Å². The van der Waals surface area contributed by atoms with Crippen LogP contribution in [-0.2, 0) is 10.0 Å². The molecule has 3 nitrogen and oxygen atoms in total. The molecule has 1 aromatic rings. The van der Waals surface area contributed by atoms with E-state index in [1.807, 2.05) is 18.2 Å². The molecule has 0 aliphatic rings. The second-order valence-electron chi connectivity index (χ2n) is 4.01. The van der Waals surface area contributed by atoms with Crippen LogP contribution < -0.4 is 4.72 Å². The minimum absolute atomic E-state index is 0.501. The van der Waals surface area contributed by atoms with Crippen molar-refractivity contribution in [2.24, 2.45) is 0 Å². The Morgan fingerprint density at radius 2 is 1.88 bits per heavy atom. The van der Waals surface area contributed by atoms with Crippen molar-refractivity contribution in [2.45, 2.75) is 32.6 Å². The van der Waals surface area contributed by atoms with Gasteiger partial charge in [-0.05, 0) is 36.5 Å². The predicted molar refractivity (Wildman–Crippen MR) is 68.2 cm³/mol. The maximum atomic E-state index is 11.1. The maximum Gasteiger partial charge on any atom is 0.229 e. The van der Waals surface area contributed by atoms with Gasteiger partial charge in [0.15, 0.2) is 0 Å². The lowest BCUT2D eigenvalue weighted by Gasteiger charge is -2.14. The lowest BCUT2D eigenvalue weighted by Crippen LogP contribution is -2.09. The highest BCUT2D eigenvalue weighted by molar-refractivity contribution is 7.92. The molecule has 0 aliphatic carbocycles. The molecule has 0 saturated carbocycles. The Kier molecular flexibility index (Phi) is 4.35. The van der Waals surface area contributed by atoms with Crippen LogP contribution in [0.1, 0.15) is 38.2 Å². The Hall–Kier alpha value is -1.03. The smallest absolute Gasteiger partial charge is 0.229 e. The van der Waals surface area contributed by atoms with Gasteiger partial charge in [0.1, 0.15) is 0 Å². The summed E-state index contributed by atoms with van der Waals surface area (Å²) < 4.78 is 24.7. The summed E-state index contributed by atoms with van der Waals surface area (Å²) in [5.74, 6) is 0.501. The summed E-state index contributed by atoms with van der Waals surface area (Å²) in [5, 5.41) is 0. The van der Waals surface area contributed by atoms with Gasteiger partial charge in [0.25, 0.3) is 0 Å².